The highest BCUT2D eigenvalue weighted by molar-refractivity contribution is 7.10. The maximum absolute atomic E-state index is 13.2. The number of carbonyl (C=O) groups is 2. The van der Waals surface area contributed by atoms with E-state index in [-0.39, 0.29) is 30.6 Å². The zero-order chi connectivity index (χ0) is 19.4. The highest BCUT2D eigenvalue weighted by atomic mass is 32.1. The molecule has 1 aromatic heterocycles. The number of nitrogens with zero attached hydrogens (tertiary/aromatic N) is 3. The van der Waals surface area contributed by atoms with Gasteiger partial charge >= 0.3 is 5.97 Å². The van der Waals surface area contributed by atoms with Crippen LogP contribution in [0.25, 0.3) is 0 Å². The zero-order valence-corrected chi connectivity index (χ0v) is 17.2. The first-order chi connectivity index (χ1) is 13.0. The van der Waals surface area contributed by atoms with Crippen molar-refractivity contribution in [3.8, 4) is 0 Å². The second-order valence-corrected chi connectivity index (χ2v) is 8.79. The van der Waals surface area contributed by atoms with Crippen molar-refractivity contribution in [1.29, 1.82) is 0 Å². The summed E-state index contributed by atoms with van der Waals surface area (Å²) in [5.41, 5.74) is 0. The number of carboxylic acids is 1. The number of amides is 1. The lowest BCUT2D eigenvalue weighted by Crippen LogP contribution is -2.47. The van der Waals surface area contributed by atoms with Crippen LogP contribution in [0.3, 0.4) is 0 Å². The van der Waals surface area contributed by atoms with E-state index in [0.29, 0.717) is 0 Å². The molecule has 3 unspecified atom stereocenters. The molecule has 6 nitrogen and oxygen atoms in total. The lowest BCUT2D eigenvalue weighted by molar-refractivity contribution is -0.138. The maximum Gasteiger partial charge on any atom is 0.317 e. The number of aliphatic carboxylic acids is 1. The molecule has 1 N–H and O–H groups in total. The lowest BCUT2D eigenvalue weighted by Gasteiger charge is -2.33. The smallest absolute Gasteiger partial charge is 0.317 e. The number of likely N-dealkylation sites (tertiary alicyclic amines) is 2. The largest absolute Gasteiger partial charge is 0.480 e. The Bertz CT molecular complexity index is 636. The van der Waals surface area contributed by atoms with Crippen LogP contribution in [0.5, 0.6) is 0 Å². The van der Waals surface area contributed by atoms with Crippen LogP contribution < -0.4 is 0 Å². The van der Waals surface area contributed by atoms with Gasteiger partial charge in [0.25, 0.3) is 0 Å². The van der Waals surface area contributed by atoms with Crippen LogP contribution >= 0.6 is 11.3 Å². The summed E-state index contributed by atoms with van der Waals surface area (Å²) in [6.45, 7) is 4.72. The van der Waals surface area contributed by atoms with Crippen molar-refractivity contribution in [2.45, 2.75) is 57.2 Å². The Morgan fingerprint density at radius 2 is 2.04 bits per heavy atom. The maximum atomic E-state index is 13.2. The third-order valence-corrected chi connectivity index (χ3v) is 7.03. The Morgan fingerprint density at radius 3 is 2.74 bits per heavy atom. The van der Waals surface area contributed by atoms with Gasteiger partial charge in [0.05, 0.1) is 18.6 Å². The van der Waals surface area contributed by atoms with Gasteiger partial charge in [-0.25, -0.2) is 0 Å². The lowest BCUT2D eigenvalue weighted by atomic mass is 10.1. The number of carbonyl (C=O) groups excluding carboxylic acids is 1. The molecule has 3 heterocycles. The fourth-order valence-corrected chi connectivity index (χ4v) is 5.35. The molecule has 27 heavy (non-hydrogen) atoms. The molecule has 150 valence electrons. The van der Waals surface area contributed by atoms with Crippen LogP contribution in [-0.2, 0) is 9.59 Å². The molecule has 2 fully saturated rings. The molecule has 0 aliphatic carbocycles. The van der Waals surface area contributed by atoms with Gasteiger partial charge in [0, 0.05) is 24.0 Å². The first-order valence-corrected chi connectivity index (χ1v) is 10.9. The number of rotatable bonds is 6. The van der Waals surface area contributed by atoms with Crippen LogP contribution in [0.2, 0.25) is 0 Å². The average Bonchev–Trinajstić information content (AvgIpc) is 3.26. The Hall–Kier alpha value is -1.44. The van der Waals surface area contributed by atoms with E-state index in [1.807, 2.05) is 18.9 Å². The van der Waals surface area contributed by atoms with E-state index in [1.165, 1.54) is 4.88 Å². The molecular formula is C20H31N3O3S. The van der Waals surface area contributed by atoms with Crippen LogP contribution in [0.1, 0.15) is 49.9 Å². The summed E-state index contributed by atoms with van der Waals surface area (Å²) in [6, 6.07) is 4.60. The third kappa shape index (κ3) is 4.89. The standard InChI is InChI=1S/C20H31N3O3S/c1-15(20(26)23-11-4-7-17(23)18-8-5-13-27-18)22-10-3-6-16(9-12-22)21(2)14-19(24)25/h5,8,13,15-17H,3-4,6-7,9-12,14H2,1-2H3,(H,24,25). The van der Waals surface area contributed by atoms with Crippen molar-refractivity contribution < 1.29 is 14.7 Å². The summed E-state index contributed by atoms with van der Waals surface area (Å²) in [7, 11) is 1.89. The Kier molecular flexibility index (Phi) is 6.89. The van der Waals surface area contributed by atoms with Crippen molar-refractivity contribution in [1.82, 2.24) is 14.7 Å². The summed E-state index contributed by atoms with van der Waals surface area (Å²) < 4.78 is 0. The topological polar surface area (TPSA) is 64.1 Å². The van der Waals surface area contributed by atoms with Gasteiger partial charge in [0.1, 0.15) is 0 Å². The molecule has 1 amide bonds. The number of hydrogen-bond acceptors (Lipinski definition) is 5. The molecule has 0 spiro atoms. The van der Waals surface area contributed by atoms with E-state index in [4.69, 9.17) is 5.11 Å². The minimum atomic E-state index is -0.782. The molecule has 2 aliphatic rings. The van der Waals surface area contributed by atoms with Gasteiger partial charge in [-0.3, -0.25) is 19.4 Å². The fourth-order valence-electron chi connectivity index (χ4n) is 4.47. The van der Waals surface area contributed by atoms with Crippen LogP contribution in [0, 0.1) is 0 Å². The van der Waals surface area contributed by atoms with E-state index in [2.05, 4.69) is 27.3 Å². The first-order valence-electron chi connectivity index (χ1n) is 9.97. The quantitative estimate of drug-likeness (QED) is 0.805. The summed E-state index contributed by atoms with van der Waals surface area (Å²) in [4.78, 5) is 31.8. The van der Waals surface area contributed by atoms with E-state index in [0.717, 1.165) is 51.7 Å². The number of carboxylic acid groups (broad SMARTS) is 1. The van der Waals surface area contributed by atoms with Crippen molar-refractivity contribution in [3.05, 3.63) is 22.4 Å². The molecule has 0 radical (unpaired) electrons. The molecule has 0 saturated carbocycles. The van der Waals surface area contributed by atoms with Gasteiger partial charge in [0.2, 0.25) is 5.91 Å². The van der Waals surface area contributed by atoms with Crippen LogP contribution in [0.15, 0.2) is 17.5 Å². The minimum absolute atomic E-state index is 0.0788. The number of thiophene rings is 1. The Labute approximate surface area is 165 Å². The summed E-state index contributed by atoms with van der Waals surface area (Å²) in [5.74, 6) is -0.543. The molecule has 3 rings (SSSR count). The minimum Gasteiger partial charge on any atom is -0.480 e. The molecular weight excluding hydrogens is 362 g/mol. The van der Waals surface area contributed by atoms with Crippen LogP contribution in [0.4, 0.5) is 0 Å². The molecule has 2 saturated heterocycles. The van der Waals surface area contributed by atoms with Crippen LogP contribution in [-0.4, -0.2) is 77.0 Å². The van der Waals surface area contributed by atoms with Crippen molar-refractivity contribution in [2.24, 2.45) is 0 Å². The van der Waals surface area contributed by atoms with Gasteiger partial charge in [-0.05, 0) is 64.1 Å². The van der Waals surface area contributed by atoms with Gasteiger partial charge in [-0.2, -0.15) is 0 Å². The molecule has 0 bridgehead atoms. The van der Waals surface area contributed by atoms with Gasteiger partial charge in [-0.15, -0.1) is 11.3 Å². The average molecular weight is 394 g/mol. The normalized spacial score (nSPS) is 25.5. The number of likely N-dealkylation sites (N-methyl/N-ethyl adjacent to an activating group) is 1. The Balaban J connectivity index is 1.59. The SMILES string of the molecule is CC(C(=O)N1CCCC1c1cccs1)N1CCCC(N(C)CC(=O)O)CC1. The predicted molar refractivity (Wildman–Crippen MR) is 107 cm³/mol. The fraction of sp³-hybridized carbons (Fsp3) is 0.700. The predicted octanol–water partition coefficient (Wildman–Crippen LogP) is 2.67. The van der Waals surface area contributed by atoms with E-state index >= 15 is 0 Å². The highest BCUT2D eigenvalue weighted by Gasteiger charge is 2.35. The van der Waals surface area contributed by atoms with Crippen molar-refractivity contribution >= 4 is 23.2 Å². The first kappa shape index (κ1) is 20.3. The van der Waals surface area contributed by atoms with Gasteiger partial charge in [0.15, 0.2) is 0 Å². The van der Waals surface area contributed by atoms with E-state index in [9.17, 15) is 9.59 Å². The zero-order valence-electron chi connectivity index (χ0n) is 16.3. The molecule has 7 heteroatoms. The monoisotopic (exact) mass is 393 g/mol. The Morgan fingerprint density at radius 1 is 1.26 bits per heavy atom. The van der Waals surface area contributed by atoms with E-state index < -0.39 is 5.97 Å². The molecule has 2 aliphatic heterocycles. The van der Waals surface area contributed by atoms with Crippen molar-refractivity contribution in [3.63, 3.8) is 0 Å². The van der Waals surface area contributed by atoms with Crippen molar-refractivity contribution in [2.75, 3.05) is 33.2 Å². The summed E-state index contributed by atoms with van der Waals surface area (Å²) >= 11 is 1.74. The second kappa shape index (κ2) is 9.17. The third-order valence-electron chi connectivity index (χ3n) is 6.05. The number of hydrogen-bond donors (Lipinski definition) is 1. The van der Waals surface area contributed by atoms with E-state index in [1.54, 1.807) is 11.3 Å². The molecule has 3 atom stereocenters. The molecule has 1 aromatic rings. The second-order valence-electron chi connectivity index (χ2n) is 7.81. The van der Waals surface area contributed by atoms with Gasteiger partial charge < -0.3 is 10.0 Å². The molecule has 0 aromatic carbocycles. The van der Waals surface area contributed by atoms with Gasteiger partial charge in [-0.1, -0.05) is 6.07 Å². The summed E-state index contributed by atoms with van der Waals surface area (Å²) in [5, 5.41) is 11.1. The highest BCUT2D eigenvalue weighted by Crippen LogP contribution is 2.35. The summed E-state index contributed by atoms with van der Waals surface area (Å²) in [6.07, 6.45) is 5.03.